The van der Waals surface area contributed by atoms with Crippen LogP contribution in [0.25, 0.3) is 0 Å². The van der Waals surface area contributed by atoms with Crippen molar-refractivity contribution in [2.24, 2.45) is 0 Å². The summed E-state index contributed by atoms with van der Waals surface area (Å²) in [5, 5.41) is 0. The molecule has 0 aromatic heterocycles. The van der Waals surface area contributed by atoms with Gasteiger partial charge in [0, 0.05) is 19.1 Å². The van der Waals surface area contributed by atoms with Crippen LogP contribution in [0.3, 0.4) is 0 Å². The number of rotatable bonds is 7. The van der Waals surface area contributed by atoms with Crippen molar-refractivity contribution in [1.82, 2.24) is 9.80 Å². The van der Waals surface area contributed by atoms with Crippen molar-refractivity contribution >= 4 is 11.9 Å². The minimum absolute atomic E-state index is 0.103. The number of carbonyl (C=O) groups excluding carboxylic acids is 2. The first kappa shape index (κ1) is 17.0. The summed E-state index contributed by atoms with van der Waals surface area (Å²) in [7, 11) is 1.39. The number of esters is 1. The highest BCUT2D eigenvalue weighted by Gasteiger charge is 2.33. The molecule has 1 saturated carbocycles. The van der Waals surface area contributed by atoms with Crippen LogP contribution in [0.1, 0.15) is 46.5 Å². The molecule has 1 unspecified atom stereocenters. The first-order valence-corrected chi connectivity index (χ1v) is 7.66. The molecule has 1 aliphatic rings. The van der Waals surface area contributed by atoms with Gasteiger partial charge in [-0.1, -0.05) is 12.8 Å². The van der Waals surface area contributed by atoms with E-state index < -0.39 is 0 Å². The van der Waals surface area contributed by atoms with Gasteiger partial charge in [-0.15, -0.1) is 0 Å². The van der Waals surface area contributed by atoms with Crippen molar-refractivity contribution in [3.05, 3.63) is 0 Å². The Bertz CT molecular complexity index is 323. The molecule has 1 atom stereocenters. The predicted molar refractivity (Wildman–Crippen MR) is 78.4 cm³/mol. The third kappa shape index (κ3) is 4.20. The first-order valence-electron chi connectivity index (χ1n) is 7.66. The largest absolute Gasteiger partial charge is 0.468 e. The number of carbonyl (C=O) groups is 2. The van der Waals surface area contributed by atoms with Crippen LogP contribution in [0.2, 0.25) is 0 Å². The first-order chi connectivity index (χ1) is 9.54. The highest BCUT2D eigenvalue weighted by molar-refractivity contribution is 5.82. The van der Waals surface area contributed by atoms with Crippen LogP contribution in [0.5, 0.6) is 0 Å². The number of methoxy groups -OCH3 is 1. The Morgan fingerprint density at radius 1 is 1.20 bits per heavy atom. The van der Waals surface area contributed by atoms with Crippen LogP contribution < -0.4 is 0 Å². The lowest BCUT2D eigenvalue weighted by atomic mass is 10.1. The maximum Gasteiger partial charge on any atom is 0.319 e. The number of likely N-dealkylation sites (N-methyl/N-ethyl adjacent to an activating group) is 1. The van der Waals surface area contributed by atoms with Gasteiger partial charge >= 0.3 is 5.97 Å². The van der Waals surface area contributed by atoms with Crippen LogP contribution in [-0.2, 0) is 14.3 Å². The fourth-order valence-corrected chi connectivity index (χ4v) is 2.97. The van der Waals surface area contributed by atoms with E-state index in [9.17, 15) is 9.59 Å². The summed E-state index contributed by atoms with van der Waals surface area (Å²) in [6.45, 7) is 7.48. The van der Waals surface area contributed by atoms with Gasteiger partial charge in [0.25, 0.3) is 0 Å². The molecule has 1 fully saturated rings. The Morgan fingerprint density at radius 2 is 1.75 bits per heavy atom. The Labute approximate surface area is 122 Å². The van der Waals surface area contributed by atoms with Gasteiger partial charge < -0.3 is 9.64 Å². The molecule has 1 aliphatic carbocycles. The third-order valence-electron chi connectivity index (χ3n) is 4.26. The third-order valence-corrected chi connectivity index (χ3v) is 4.26. The van der Waals surface area contributed by atoms with Crippen molar-refractivity contribution in [2.45, 2.75) is 58.5 Å². The number of hydrogen-bond acceptors (Lipinski definition) is 4. The summed E-state index contributed by atoms with van der Waals surface area (Å²) in [5.74, 6) is -0.165. The lowest BCUT2D eigenvalue weighted by Gasteiger charge is -2.35. The zero-order valence-corrected chi connectivity index (χ0v) is 13.2. The van der Waals surface area contributed by atoms with E-state index in [1.165, 1.54) is 20.0 Å². The van der Waals surface area contributed by atoms with Crippen molar-refractivity contribution in [3.8, 4) is 0 Å². The SMILES string of the molecule is CCN(CC)C(=O)C(C)N(CC(=O)OC)C1CCCC1. The molecule has 0 spiro atoms. The lowest BCUT2D eigenvalue weighted by molar-refractivity contribution is -0.146. The zero-order chi connectivity index (χ0) is 15.1. The van der Waals surface area contributed by atoms with E-state index in [4.69, 9.17) is 4.74 Å². The van der Waals surface area contributed by atoms with Crippen molar-refractivity contribution < 1.29 is 14.3 Å². The molecule has 0 bridgehead atoms. The molecule has 0 radical (unpaired) electrons. The molecular formula is C15H28N2O3. The summed E-state index contributed by atoms with van der Waals surface area (Å²) in [4.78, 5) is 28.0. The summed E-state index contributed by atoms with van der Waals surface area (Å²) in [6.07, 6.45) is 4.47. The molecule has 116 valence electrons. The van der Waals surface area contributed by atoms with Gasteiger partial charge in [-0.25, -0.2) is 0 Å². The molecular weight excluding hydrogens is 256 g/mol. The Hall–Kier alpha value is -1.10. The monoisotopic (exact) mass is 284 g/mol. The van der Waals surface area contributed by atoms with Gasteiger partial charge in [0.15, 0.2) is 0 Å². The second-order valence-electron chi connectivity index (χ2n) is 5.37. The van der Waals surface area contributed by atoms with Gasteiger partial charge in [-0.05, 0) is 33.6 Å². The molecule has 5 heteroatoms. The second-order valence-corrected chi connectivity index (χ2v) is 5.37. The Morgan fingerprint density at radius 3 is 2.20 bits per heavy atom. The number of nitrogens with zero attached hydrogens (tertiary/aromatic N) is 2. The van der Waals surface area contributed by atoms with Gasteiger partial charge in [0.2, 0.25) is 5.91 Å². The van der Waals surface area contributed by atoms with E-state index in [0.29, 0.717) is 19.1 Å². The molecule has 0 aromatic carbocycles. The van der Waals surface area contributed by atoms with E-state index in [2.05, 4.69) is 0 Å². The molecule has 0 heterocycles. The van der Waals surface area contributed by atoms with E-state index in [-0.39, 0.29) is 24.5 Å². The van der Waals surface area contributed by atoms with Crippen molar-refractivity contribution in [2.75, 3.05) is 26.7 Å². The molecule has 1 amide bonds. The fraction of sp³-hybridized carbons (Fsp3) is 0.867. The number of hydrogen-bond donors (Lipinski definition) is 0. The predicted octanol–water partition coefficient (Wildman–Crippen LogP) is 1.66. The molecule has 0 aliphatic heterocycles. The van der Waals surface area contributed by atoms with E-state index >= 15 is 0 Å². The minimum Gasteiger partial charge on any atom is -0.468 e. The van der Waals surface area contributed by atoms with Crippen LogP contribution >= 0.6 is 0 Å². The highest BCUT2D eigenvalue weighted by atomic mass is 16.5. The highest BCUT2D eigenvalue weighted by Crippen LogP contribution is 2.25. The minimum atomic E-state index is -0.268. The van der Waals surface area contributed by atoms with Crippen LogP contribution in [0, 0.1) is 0 Å². The van der Waals surface area contributed by atoms with Gasteiger partial charge in [0.1, 0.15) is 0 Å². The second kappa shape index (κ2) is 8.25. The zero-order valence-electron chi connectivity index (χ0n) is 13.2. The summed E-state index contributed by atoms with van der Waals surface area (Å²) >= 11 is 0. The van der Waals surface area contributed by atoms with E-state index in [1.807, 2.05) is 30.6 Å². The Kier molecular flexibility index (Phi) is 6.99. The maximum atomic E-state index is 12.5. The average Bonchev–Trinajstić information content (AvgIpc) is 2.98. The maximum absolute atomic E-state index is 12.5. The van der Waals surface area contributed by atoms with Gasteiger partial charge in [0.05, 0.1) is 19.7 Å². The average molecular weight is 284 g/mol. The normalized spacial score (nSPS) is 17.2. The molecule has 5 nitrogen and oxygen atoms in total. The summed E-state index contributed by atoms with van der Waals surface area (Å²) in [5.41, 5.74) is 0. The van der Waals surface area contributed by atoms with E-state index in [1.54, 1.807) is 0 Å². The van der Waals surface area contributed by atoms with Crippen LogP contribution in [-0.4, -0.2) is 60.5 Å². The molecule has 0 aromatic rings. The van der Waals surface area contributed by atoms with Crippen molar-refractivity contribution in [3.63, 3.8) is 0 Å². The topological polar surface area (TPSA) is 49.9 Å². The quantitative estimate of drug-likeness (QED) is 0.667. The molecule has 20 heavy (non-hydrogen) atoms. The summed E-state index contributed by atoms with van der Waals surface area (Å²) < 4.78 is 4.78. The fourth-order valence-electron chi connectivity index (χ4n) is 2.97. The van der Waals surface area contributed by atoms with Crippen molar-refractivity contribution in [1.29, 1.82) is 0 Å². The van der Waals surface area contributed by atoms with Gasteiger partial charge in [-0.2, -0.15) is 0 Å². The van der Waals surface area contributed by atoms with E-state index in [0.717, 1.165) is 12.8 Å². The standard InChI is InChI=1S/C15H28N2O3/c1-5-16(6-2)15(19)12(3)17(11-14(18)20-4)13-9-7-8-10-13/h12-13H,5-11H2,1-4H3. The number of ether oxygens (including phenoxy) is 1. The number of amides is 1. The lowest BCUT2D eigenvalue weighted by Crippen LogP contribution is -2.52. The van der Waals surface area contributed by atoms with Gasteiger partial charge in [-0.3, -0.25) is 14.5 Å². The van der Waals surface area contributed by atoms with Crippen LogP contribution in [0.4, 0.5) is 0 Å². The Balaban J connectivity index is 2.79. The van der Waals surface area contributed by atoms with Crippen LogP contribution in [0.15, 0.2) is 0 Å². The summed E-state index contributed by atoms with van der Waals surface area (Å²) in [6, 6.07) is 0.0562. The smallest absolute Gasteiger partial charge is 0.319 e. The molecule has 0 saturated heterocycles. The molecule has 0 N–H and O–H groups in total. The molecule has 1 rings (SSSR count).